The summed E-state index contributed by atoms with van der Waals surface area (Å²) >= 11 is 0. The third-order valence-corrected chi connectivity index (χ3v) is 6.25. The van der Waals surface area contributed by atoms with Crippen molar-refractivity contribution in [3.05, 3.63) is 54.1 Å². The van der Waals surface area contributed by atoms with E-state index in [2.05, 4.69) is 10.5 Å². The van der Waals surface area contributed by atoms with E-state index >= 15 is 0 Å². The molecule has 1 fully saturated rings. The summed E-state index contributed by atoms with van der Waals surface area (Å²) in [7, 11) is 0. The standard InChI is InChI=1S/C26H30N2O7/c1-4-32-24(29)22-18(28-27-17-9-7-6-8-10-17)14-26(3,31)23(25(30)33-5-2)21(22)16-11-12-19-20(13-16)35-15-34-19/h6-13,21-23,27,31H,4-5,14-15H2,1-3H3/t21-,22-,23+,26-/m0/s1. The van der Waals surface area contributed by atoms with E-state index < -0.39 is 35.3 Å². The lowest BCUT2D eigenvalue weighted by molar-refractivity contribution is -0.163. The van der Waals surface area contributed by atoms with Crippen LogP contribution in [0.25, 0.3) is 0 Å². The first-order valence-electron chi connectivity index (χ1n) is 11.7. The molecule has 2 aromatic rings. The Labute approximate surface area is 204 Å². The average Bonchev–Trinajstić information content (AvgIpc) is 3.30. The van der Waals surface area contributed by atoms with Crippen LogP contribution in [0.3, 0.4) is 0 Å². The molecule has 1 heterocycles. The molecule has 1 aliphatic carbocycles. The highest BCUT2D eigenvalue weighted by Gasteiger charge is 2.56. The number of aliphatic hydroxyl groups is 1. The molecule has 0 amide bonds. The van der Waals surface area contributed by atoms with Crippen molar-refractivity contribution in [2.75, 3.05) is 25.4 Å². The number of anilines is 1. The summed E-state index contributed by atoms with van der Waals surface area (Å²) in [5.41, 5.74) is 3.12. The van der Waals surface area contributed by atoms with Crippen LogP contribution in [-0.2, 0) is 19.1 Å². The van der Waals surface area contributed by atoms with Crippen LogP contribution < -0.4 is 14.9 Å². The number of hydrazone groups is 1. The number of nitrogens with one attached hydrogen (secondary N) is 1. The average molecular weight is 483 g/mol. The van der Waals surface area contributed by atoms with Crippen molar-refractivity contribution in [1.82, 2.24) is 0 Å². The SMILES string of the molecule is CCOC(=O)[C@H]1C(=NNc2ccccc2)C[C@](C)(O)[C@@H](C(=O)OCC)[C@H]1c1ccc2c(c1)OCO2. The first-order chi connectivity index (χ1) is 16.9. The van der Waals surface area contributed by atoms with E-state index in [1.807, 2.05) is 30.3 Å². The van der Waals surface area contributed by atoms with Gasteiger partial charge in [0.2, 0.25) is 6.79 Å². The van der Waals surface area contributed by atoms with Gasteiger partial charge in [0, 0.05) is 12.3 Å². The van der Waals surface area contributed by atoms with E-state index in [0.717, 1.165) is 5.69 Å². The maximum absolute atomic E-state index is 13.4. The minimum atomic E-state index is -1.55. The molecule has 0 spiro atoms. The number of para-hydroxylation sites is 1. The van der Waals surface area contributed by atoms with E-state index in [-0.39, 0.29) is 26.4 Å². The molecule has 0 radical (unpaired) electrons. The Hall–Kier alpha value is -3.59. The van der Waals surface area contributed by atoms with E-state index in [1.54, 1.807) is 39.0 Å². The lowest BCUT2D eigenvalue weighted by atomic mass is 9.61. The molecule has 9 heteroatoms. The van der Waals surface area contributed by atoms with Gasteiger partial charge in [0.25, 0.3) is 0 Å². The highest BCUT2D eigenvalue weighted by Crippen LogP contribution is 2.49. The van der Waals surface area contributed by atoms with Crippen LogP contribution in [0.5, 0.6) is 11.5 Å². The topological polar surface area (TPSA) is 116 Å². The summed E-state index contributed by atoms with van der Waals surface area (Å²) in [5, 5.41) is 16.1. The molecule has 4 atom stereocenters. The number of benzene rings is 2. The van der Waals surface area contributed by atoms with Crippen LogP contribution in [0.15, 0.2) is 53.6 Å². The molecule has 4 rings (SSSR count). The number of hydrogen-bond donors (Lipinski definition) is 2. The highest BCUT2D eigenvalue weighted by atomic mass is 16.7. The number of carbonyl (C=O) groups is 2. The van der Waals surface area contributed by atoms with Crippen molar-refractivity contribution < 1.29 is 33.6 Å². The van der Waals surface area contributed by atoms with Crippen molar-refractivity contribution in [2.45, 2.75) is 38.7 Å². The van der Waals surface area contributed by atoms with Crippen LogP contribution in [-0.4, -0.2) is 48.4 Å². The molecule has 9 nitrogen and oxygen atoms in total. The number of hydrogen-bond acceptors (Lipinski definition) is 9. The Morgan fingerprint density at radius 3 is 2.46 bits per heavy atom. The Morgan fingerprint density at radius 1 is 1.06 bits per heavy atom. The summed E-state index contributed by atoms with van der Waals surface area (Å²) in [5.74, 6) is -2.87. The zero-order chi connectivity index (χ0) is 25.0. The van der Waals surface area contributed by atoms with Crippen LogP contribution in [0.1, 0.15) is 38.7 Å². The predicted molar refractivity (Wildman–Crippen MR) is 128 cm³/mol. The second kappa shape index (κ2) is 10.4. The predicted octanol–water partition coefficient (Wildman–Crippen LogP) is 3.48. The monoisotopic (exact) mass is 482 g/mol. The summed E-state index contributed by atoms with van der Waals surface area (Å²) in [4.78, 5) is 26.6. The van der Waals surface area contributed by atoms with Gasteiger partial charge in [-0.25, -0.2) is 0 Å². The first-order valence-corrected chi connectivity index (χ1v) is 11.7. The van der Waals surface area contributed by atoms with Gasteiger partial charge in [0.1, 0.15) is 5.92 Å². The fraction of sp³-hybridized carbons (Fsp3) is 0.423. The smallest absolute Gasteiger partial charge is 0.315 e. The third kappa shape index (κ3) is 5.09. The second-order valence-electron chi connectivity index (χ2n) is 8.71. The number of esters is 2. The fourth-order valence-corrected chi connectivity index (χ4v) is 4.78. The van der Waals surface area contributed by atoms with Crippen molar-refractivity contribution in [3.8, 4) is 11.5 Å². The minimum Gasteiger partial charge on any atom is -0.466 e. The molecule has 0 saturated heterocycles. The molecule has 35 heavy (non-hydrogen) atoms. The van der Waals surface area contributed by atoms with Crippen LogP contribution in [0.2, 0.25) is 0 Å². The Morgan fingerprint density at radius 2 is 1.74 bits per heavy atom. The molecule has 0 aromatic heterocycles. The van der Waals surface area contributed by atoms with Gasteiger partial charge in [-0.3, -0.25) is 15.0 Å². The van der Waals surface area contributed by atoms with E-state index in [1.165, 1.54) is 0 Å². The molecule has 2 aromatic carbocycles. The zero-order valence-corrected chi connectivity index (χ0v) is 20.0. The Bertz CT molecular complexity index is 1100. The first kappa shape index (κ1) is 24.5. The third-order valence-electron chi connectivity index (χ3n) is 6.25. The maximum atomic E-state index is 13.4. The van der Waals surface area contributed by atoms with E-state index in [4.69, 9.17) is 18.9 Å². The Kier molecular flexibility index (Phi) is 7.25. The number of nitrogens with zero attached hydrogens (tertiary/aromatic N) is 1. The van der Waals surface area contributed by atoms with Crippen molar-refractivity contribution in [1.29, 1.82) is 0 Å². The van der Waals surface area contributed by atoms with Gasteiger partial charge in [-0.05, 0) is 50.6 Å². The van der Waals surface area contributed by atoms with Crippen molar-refractivity contribution in [3.63, 3.8) is 0 Å². The van der Waals surface area contributed by atoms with Crippen LogP contribution >= 0.6 is 0 Å². The lowest BCUT2D eigenvalue weighted by Crippen LogP contribution is -2.55. The normalized spacial score (nSPS) is 26.3. The molecule has 186 valence electrons. The number of carbonyl (C=O) groups excluding carboxylic acids is 2. The largest absolute Gasteiger partial charge is 0.466 e. The van der Waals surface area contributed by atoms with Crippen molar-refractivity contribution >= 4 is 23.3 Å². The summed E-state index contributed by atoms with van der Waals surface area (Å²) in [6.07, 6.45) is -0.0269. The Balaban J connectivity index is 1.84. The van der Waals surface area contributed by atoms with E-state index in [9.17, 15) is 14.7 Å². The van der Waals surface area contributed by atoms with Gasteiger partial charge in [-0.2, -0.15) is 5.10 Å². The number of ether oxygens (including phenoxy) is 4. The molecular formula is C26H30N2O7. The van der Waals surface area contributed by atoms with Gasteiger partial charge in [-0.1, -0.05) is 24.3 Å². The van der Waals surface area contributed by atoms with Gasteiger partial charge in [-0.15, -0.1) is 0 Å². The summed E-state index contributed by atoms with van der Waals surface area (Å²) < 4.78 is 21.7. The van der Waals surface area contributed by atoms with Gasteiger partial charge in [0.05, 0.1) is 36.1 Å². The molecule has 1 saturated carbocycles. The molecule has 0 bridgehead atoms. The van der Waals surface area contributed by atoms with Gasteiger partial charge >= 0.3 is 11.9 Å². The van der Waals surface area contributed by atoms with Crippen LogP contribution in [0, 0.1) is 11.8 Å². The zero-order valence-electron chi connectivity index (χ0n) is 20.0. The molecular weight excluding hydrogens is 452 g/mol. The minimum absolute atomic E-state index is 0.0269. The van der Waals surface area contributed by atoms with Gasteiger partial charge < -0.3 is 24.1 Å². The summed E-state index contributed by atoms with van der Waals surface area (Å²) in [6.45, 7) is 5.35. The fourth-order valence-electron chi connectivity index (χ4n) is 4.78. The van der Waals surface area contributed by atoms with Gasteiger partial charge in [0.15, 0.2) is 11.5 Å². The maximum Gasteiger partial charge on any atom is 0.315 e. The van der Waals surface area contributed by atoms with E-state index in [0.29, 0.717) is 22.8 Å². The molecule has 1 aliphatic heterocycles. The lowest BCUT2D eigenvalue weighted by Gasteiger charge is -2.45. The highest BCUT2D eigenvalue weighted by molar-refractivity contribution is 6.06. The quantitative estimate of drug-likeness (QED) is 0.455. The second-order valence-corrected chi connectivity index (χ2v) is 8.71. The molecule has 2 aliphatic rings. The molecule has 2 N–H and O–H groups in total. The number of rotatable bonds is 7. The van der Waals surface area contributed by atoms with Crippen LogP contribution in [0.4, 0.5) is 5.69 Å². The number of fused-ring (bicyclic) bond motifs is 1. The molecule has 0 unspecified atom stereocenters. The summed E-state index contributed by atoms with van der Waals surface area (Å²) in [6, 6.07) is 14.5. The van der Waals surface area contributed by atoms with Crippen molar-refractivity contribution in [2.24, 2.45) is 16.9 Å².